The number of pyridine rings is 1. The standard InChI is InChI=1S/C14H12Cl2N2O/c1-9-4-3-5-10(6-9)18(2)14(19)11-7-13(16)17-8-12(11)15/h3-8H,1-2H3. The highest BCUT2D eigenvalue weighted by Gasteiger charge is 2.17. The van der Waals surface area contributed by atoms with Crippen molar-refractivity contribution in [1.29, 1.82) is 0 Å². The van der Waals surface area contributed by atoms with Gasteiger partial charge in [0.15, 0.2) is 0 Å². The summed E-state index contributed by atoms with van der Waals surface area (Å²) in [7, 11) is 1.70. The van der Waals surface area contributed by atoms with Crippen molar-refractivity contribution >= 4 is 34.8 Å². The molecule has 5 heteroatoms. The minimum Gasteiger partial charge on any atom is -0.311 e. The molecule has 0 fully saturated rings. The Balaban J connectivity index is 2.36. The maximum absolute atomic E-state index is 12.4. The van der Waals surface area contributed by atoms with Crippen LogP contribution in [0.3, 0.4) is 0 Å². The minimum absolute atomic E-state index is 0.222. The first-order chi connectivity index (χ1) is 8.99. The number of hydrogen-bond donors (Lipinski definition) is 0. The summed E-state index contributed by atoms with van der Waals surface area (Å²) in [6.45, 7) is 1.97. The van der Waals surface area contributed by atoms with Crippen molar-refractivity contribution in [3.63, 3.8) is 0 Å². The van der Waals surface area contributed by atoms with Crippen molar-refractivity contribution in [1.82, 2.24) is 4.98 Å². The van der Waals surface area contributed by atoms with Crippen LogP contribution in [0.15, 0.2) is 36.5 Å². The fourth-order valence-corrected chi connectivity index (χ4v) is 2.05. The van der Waals surface area contributed by atoms with E-state index in [0.29, 0.717) is 5.56 Å². The van der Waals surface area contributed by atoms with E-state index < -0.39 is 0 Å². The summed E-state index contributed by atoms with van der Waals surface area (Å²) in [6.07, 6.45) is 1.38. The number of halogens is 2. The van der Waals surface area contributed by atoms with Gasteiger partial charge in [0.05, 0.1) is 10.6 Å². The molecule has 0 saturated heterocycles. The van der Waals surface area contributed by atoms with E-state index in [4.69, 9.17) is 23.2 Å². The lowest BCUT2D eigenvalue weighted by atomic mass is 10.2. The van der Waals surface area contributed by atoms with Crippen molar-refractivity contribution in [3.8, 4) is 0 Å². The molecule has 0 spiro atoms. The van der Waals surface area contributed by atoms with Gasteiger partial charge in [-0.3, -0.25) is 4.79 Å². The van der Waals surface area contributed by atoms with Gasteiger partial charge >= 0.3 is 0 Å². The Kier molecular flexibility index (Phi) is 4.08. The molecule has 19 heavy (non-hydrogen) atoms. The molecule has 98 valence electrons. The van der Waals surface area contributed by atoms with E-state index in [1.54, 1.807) is 7.05 Å². The van der Waals surface area contributed by atoms with Gasteiger partial charge in [0.2, 0.25) is 0 Å². The largest absolute Gasteiger partial charge is 0.311 e. The predicted molar refractivity (Wildman–Crippen MR) is 78.2 cm³/mol. The van der Waals surface area contributed by atoms with E-state index in [1.165, 1.54) is 17.2 Å². The molecule has 1 aromatic carbocycles. The summed E-state index contributed by atoms with van der Waals surface area (Å²) < 4.78 is 0. The first kappa shape index (κ1) is 13.8. The van der Waals surface area contributed by atoms with Crippen LogP contribution in [-0.4, -0.2) is 17.9 Å². The lowest BCUT2D eigenvalue weighted by Gasteiger charge is -2.18. The minimum atomic E-state index is -0.222. The van der Waals surface area contributed by atoms with Gasteiger partial charge in [-0.15, -0.1) is 0 Å². The second kappa shape index (κ2) is 5.59. The van der Waals surface area contributed by atoms with Gasteiger partial charge in [-0.05, 0) is 30.7 Å². The summed E-state index contributed by atoms with van der Waals surface area (Å²) in [6, 6.07) is 9.13. The van der Waals surface area contributed by atoms with Crippen LogP contribution in [0, 0.1) is 6.92 Å². The number of amides is 1. The van der Waals surface area contributed by atoms with Crippen LogP contribution in [0.25, 0.3) is 0 Å². The predicted octanol–water partition coefficient (Wildman–Crippen LogP) is 3.97. The molecule has 0 radical (unpaired) electrons. The second-order valence-electron chi connectivity index (χ2n) is 4.19. The number of nitrogens with zero attached hydrogens (tertiary/aromatic N) is 2. The number of aryl methyl sites for hydroxylation is 1. The van der Waals surface area contributed by atoms with Crippen molar-refractivity contribution < 1.29 is 4.79 Å². The Hall–Kier alpha value is -1.58. The number of hydrogen-bond acceptors (Lipinski definition) is 2. The maximum atomic E-state index is 12.4. The number of carbonyl (C=O) groups is 1. The smallest absolute Gasteiger partial charge is 0.259 e. The molecule has 0 bridgehead atoms. The monoisotopic (exact) mass is 294 g/mol. The Morgan fingerprint density at radius 2 is 2.00 bits per heavy atom. The second-order valence-corrected chi connectivity index (χ2v) is 4.98. The van der Waals surface area contributed by atoms with Gasteiger partial charge in [0.25, 0.3) is 5.91 Å². The molecule has 2 rings (SSSR count). The van der Waals surface area contributed by atoms with E-state index in [-0.39, 0.29) is 16.1 Å². The van der Waals surface area contributed by atoms with Crippen LogP contribution in [0.1, 0.15) is 15.9 Å². The van der Waals surface area contributed by atoms with Crippen LogP contribution in [0.5, 0.6) is 0 Å². The number of aromatic nitrogens is 1. The van der Waals surface area contributed by atoms with Crippen molar-refractivity contribution in [2.24, 2.45) is 0 Å². The lowest BCUT2D eigenvalue weighted by Crippen LogP contribution is -2.26. The summed E-state index contributed by atoms with van der Waals surface area (Å²) in [4.78, 5) is 17.7. The van der Waals surface area contributed by atoms with Crippen LogP contribution in [0.4, 0.5) is 5.69 Å². The quantitative estimate of drug-likeness (QED) is 0.785. The molecule has 0 unspecified atom stereocenters. The van der Waals surface area contributed by atoms with E-state index in [1.807, 2.05) is 31.2 Å². The molecule has 0 saturated carbocycles. The van der Waals surface area contributed by atoms with Gasteiger partial charge in [-0.2, -0.15) is 0 Å². The van der Waals surface area contributed by atoms with Crippen LogP contribution < -0.4 is 4.90 Å². The molecule has 0 aliphatic rings. The summed E-state index contributed by atoms with van der Waals surface area (Å²) in [5.74, 6) is -0.222. The first-order valence-electron chi connectivity index (χ1n) is 5.65. The lowest BCUT2D eigenvalue weighted by molar-refractivity contribution is 0.0993. The van der Waals surface area contributed by atoms with E-state index in [2.05, 4.69) is 4.98 Å². The molecular formula is C14H12Cl2N2O. The molecule has 1 amide bonds. The van der Waals surface area contributed by atoms with Gasteiger partial charge in [-0.1, -0.05) is 35.3 Å². The average molecular weight is 295 g/mol. The Morgan fingerprint density at radius 1 is 1.26 bits per heavy atom. The fraction of sp³-hybridized carbons (Fsp3) is 0.143. The zero-order chi connectivity index (χ0) is 14.0. The van der Waals surface area contributed by atoms with Gasteiger partial charge < -0.3 is 4.90 Å². The number of anilines is 1. The van der Waals surface area contributed by atoms with E-state index >= 15 is 0 Å². The zero-order valence-electron chi connectivity index (χ0n) is 10.5. The van der Waals surface area contributed by atoms with Crippen LogP contribution in [0.2, 0.25) is 10.2 Å². The van der Waals surface area contributed by atoms with E-state index in [0.717, 1.165) is 11.3 Å². The zero-order valence-corrected chi connectivity index (χ0v) is 12.0. The third kappa shape index (κ3) is 3.06. The maximum Gasteiger partial charge on any atom is 0.259 e. The van der Waals surface area contributed by atoms with Gasteiger partial charge in [0, 0.05) is 18.9 Å². The third-order valence-corrected chi connectivity index (χ3v) is 3.25. The highest BCUT2D eigenvalue weighted by Crippen LogP contribution is 2.22. The van der Waals surface area contributed by atoms with Gasteiger partial charge in [0.1, 0.15) is 5.15 Å². The van der Waals surface area contributed by atoms with Crippen molar-refractivity contribution in [2.75, 3.05) is 11.9 Å². The fourth-order valence-electron chi connectivity index (χ4n) is 1.71. The topological polar surface area (TPSA) is 33.2 Å². The summed E-state index contributed by atoms with van der Waals surface area (Å²) in [5, 5.41) is 0.527. The normalized spacial score (nSPS) is 10.3. The van der Waals surface area contributed by atoms with E-state index in [9.17, 15) is 4.79 Å². The number of rotatable bonds is 2. The summed E-state index contributed by atoms with van der Waals surface area (Å²) in [5.41, 5.74) is 2.22. The van der Waals surface area contributed by atoms with Crippen molar-refractivity contribution in [2.45, 2.75) is 6.92 Å². The Bertz CT molecular complexity index is 629. The molecule has 2 aromatic rings. The van der Waals surface area contributed by atoms with Gasteiger partial charge in [-0.25, -0.2) is 4.98 Å². The van der Waals surface area contributed by atoms with Crippen LogP contribution in [-0.2, 0) is 0 Å². The first-order valence-corrected chi connectivity index (χ1v) is 6.40. The Labute approximate surface area is 121 Å². The number of benzene rings is 1. The molecular weight excluding hydrogens is 283 g/mol. The third-order valence-electron chi connectivity index (χ3n) is 2.75. The highest BCUT2D eigenvalue weighted by molar-refractivity contribution is 6.35. The molecule has 0 aliphatic carbocycles. The molecule has 1 heterocycles. The molecule has 0 N–H and O–H groups in total. The molecule has 1 aromatic heterocycles. The van der Waals surface area contributed by atoms with Crippen LogP contribution >= 0.6 is 23.2 Å². The average Bonchev–Trinajstić information content (AvgIpc) is 2.40. The molecule has 0 aliphatic heterocycles. The molecule has 0 atom stereocenters. The SMILES string of the molecule is Cc1cccc(N(C)C(=O)c2cc(Cl)ncc2Cl)c1. The highest BCUT2D eigenvalue weighted by atomic mass is 35.5. The Morgan fingerprint density at radius 3 is 2.68 bits per heavy atom. The summed E-state index contributed by atoms with van der Waals surface area (Å²) >= 11 is 11.8. The van der Waals surface area contributed by atoms with Crippen molar-refractivity contribution in [3.05, 3.63) is 57.8 Å². The number of carbonyl (C=O) groups excluding carboxylic acids is 1. The molecule has 3 nitrogen and oxygen atoms in total.